The molecule has 1 aliphatic carbocycles. The van der Waals surface area contributed by atoms with Crippen LogP contribution in [0, 0.1) is 6.92 Å². The van der Waals surface area contributed by atoms with Crippen LogP contribution >= 0.6 is 0 Å². The Morgan fingerprint density at radius 3 is 2.50 bits per heavy atom. The zero-order valence-corrected chi connectivity index (χ0v) is 7.88. The molecule has 2 heteroatoms. The van der Waals surface area contributed by atoms with Gasteiger partial charge in [0, 0.05) is 6.92 Å². The number of aliphatic hydroxyl groups is 1. The minimum absolute atomic E-state index is 0.237. The third kappa shape index (κ3) is 3.11. The van der Waals surface area contributed by atoms with Crippen molar-refractivity contribution in [2.24, 2.45) is 0 Å². The zero-order chi connectivity index (χ0) is 9.03. The molecule has 0 saturated heterocycles. The van der Waals surface area contributed by atoms with Crippen LogP contribution in [-0.2, 0) is 4.74 Å². The molecule has 1 fully saturated rings. The number of hydrogen-bond donors (Lipinski definition) is 1. The van der Waals surface area contributed by atoms with Crippen LogP contribution in [0.3, 0.4) is 0 Å². The summed E-state index contributed by atoms with van der Waals surface area (Å²) >= 11 is 0. The van der Waals surface area contributed by atoms with Gasteiger partial charge in [0.2, 0.25) is 0 Å². The molecule has 71 valence electrons. The molecule has 1 aliphatic rings. The summed E-state index contributed by atoms with van der Waals surface area (Å²) in [6.07, 6.45) is 6.72. The van der Waals surface area contributed by atoms with Gasteiger partial charge in [-0.1, -0.05) is 26.2 Å². The van der Waals surface area contributed by atoms with Crippen molar-refractivity contribution in [1.29, 1.82) is 0 Å². The van der Waals surface area contributed by atoms with E-state index >= 15 is 0 Å². The Morgan fingerprint density at radius 2 is 2.00 bits per heavy atom. The first-order chi connectivity index (χ1) is 5.64. The molecule has 0 heterocycles. The second-order valence-electron chi connectivity index (χ2n) is 3.68. The lowest BCUT2D eigenvalue weighted by Gasteiger charge is -2.30. The number of rotatable bonds is 3. The van der Waals surface area contributed by atoms with Crippen LogP contribution in [0.5, 0.6) is 0 Å². The molecule has 1 unspecified atom stereocenters. The van der Waals surface area contributed by atoms with Crippen LogP contribution in [0.1, 0.15) is 45.4 Å². The average molecular weight is 171 g/mol. The van der Waals surface area contributed by atoms with Gasteiger partial charge < -0.3 is 9.84 Å². The Kier molecular flexibility index (Phi) is 3.53. The van der Waals surface area contributed by atoms with Gasteiger partial charge in [0.05, 0.1) is 6.10 Å². The topological polar surface area (TPSA) is 29.5 Å². The van der Waals surface area contributed by atoms with Crippen LogP contribution in [0.15, 0.2) is 0 Å². The minimum Gasteiger partial charge on any atom is -0.365 e. The van der Waals surface area contributed by atoms with E-state index in [4.69, 9.17) is 4.74 Å². The fraction of sp³-hybridized carbons (Fsp3) is 0.900. The van der Waals surface area contributed by atoms with Gasteiger partial charge >= 0.3 is 0 Å². The molecule has 1 saturated carbocycles. The molecule has 12 heavy (non-hydrogen) atoms. The first-order valence-corrected chi connectivity index (χ1v) is 4.89. The predicted octanol–water partition coefficient (Wildman–Crippen LogP) is 2.27. The summed E-state index contributed by atoms with van der Waals surface area (Å²) in [6, 6.07) is 0. The molecule has 1 N–H and O–H groups in total. The minimum atomic E-state index is -1.15. The molecule has 0 bridgehead atoms. The monoisotopic (exact) mass is 171 g/mol. The first kappa shape index (κ1) is 10.0. The maximum Gasteiger partial charge on any atom is 0.165 e. The van der Waals surface area contributed by atoms with Crippen LogP contribution in [0.2, 0.25) is 0 Å². The van der Waals surface area contributed by atoms with Crippen molar-refractivity contribution in [2.75, 3.05) is 0 Å². The molecule has 2 nitrogen and oxygen atoms in total. The number of ether oxygens (including phenoxy) is 1. The van der Waals surface area contributed by atoms with E-state index in [-0.39, 0.29) is 6.10 Å². The fourth-order valence-electron chi connectivity index (χ4n) is 1.58. The van der Waals surface area contributed by atoms with Gasteiger partial charge in [0.15, 0.2) is 5.79 Å². The van der Waals surface area contributed by atoms with Crippen LogP contribution < -0.4 is 0 Å². The van der Waals surface area contributed by atoms with Gasteiger partial charge in [-0.2, -0.15) is 0 Å². The molecule has 1 atom stereocenters. The smallest absolute Gasteiger partial charge is 0.165 e. The van der Waals surface area contributed by atoms with Crippen molar-refractivity contribution >= 4 is 0 Å². The Labute approximate surface area is 74.9 Å². The van der Waals surface area contributed by atoms with E-state index in [0.717, 1.165) is 12.8 Å². The van der Waals surface area contributed by atoms with Crippen LogP contribution in [0.25, 0.3) is 0 Å². The van der Waals surface area contributed by atoms with Gasteiger partial charge in [0.25, 0.3) is 0 Å². The molecule has 0 aromatic rings. The van der Waals surface area contributed by atoms with E-state index in [2.05, 4.69) is 6.92 Å². The molecule has 0 amide bonds. The lowest BCUT2D eigenvalue weighted by molar-refractivity contribution is -0.206. The molecule has 0 aliphatic heterocycles. The molecule has 0 aromatic heterocycles. The highest BCUT2D eigenvalue weighted by Crippen LogP contribution is 2.24. The lowest BCUT2D eigenvalue weighted by Crippen LogP contribution is -2.34. The third-order valence-electron chi connectivity index (χ3n) is 2.49. The van der Waals surface area contributed by atoms with Gasteiger partial charge in [-0.3, -0.25) is 0 Å². The fourth-order valence-corrected chi connectivity index (χ4v) is 1.58. The summed E-state index contributed by atoms with van der Waals surface area (Å²) in [5.74, 6) is -1.15. The highest BCUT2D eigenvalue weighted by molar-refractivity contribution is 4.73. The maximum absolute atomic E-state index is 9.54. The van der Waals surface area contributed by atoms with E-state index < -0.39 is 5.79 Å². The Hall–Kier alpha value is -0.0800. The SMILES string of the molecule is [CH2]C(O)(CC)OC1CCCCC1. The maximum atomic E-state index is 9.54. The second kappa shape index (κ2) is 4.24. The zero-order valence-electron chi connectivity index (χ0n) is 7.88. The van der Waals surface area contributed by atoms with E-state index in [1.54, 1.807) is 0 Å². The van der Waals surface area contributed by atoms with Gasteiger partial charge in [-0.15, -0.1) is 0 Å². The predicted molar refractivity (Wildman–Crippen MR) is 48.6 cm³/mol. The highest BCUT2D eigenvalue weighted by Gasteiger charge is 2.24. The Balaban J connectivity index is 2.28. The Bertz CT molecular complexity index is 126. The molecule has 1 radical (unpaired) electrons. The standard InChI is InChI=1S/C10H19O2/c1-3-10(2,11)12-9-7-5-4-6-8-9/h9,11H,2-8H2,1H3. The van der Waals surface area contributed by atoms with Crippen molar-refractivity contribution in [3.63, 3.8) is 0 Å². The van der Waals surface area contributed by atoms with Gasteiger partial charge in [0.1, 0.15) is 0 Å². The quantitative estimate of drug-likeness (QED) is 0.660. The summed E-state index contributed by atoms with van der Waals surface area (Å²) in [5, 5.41) is 9.54. The molecular weight excluding hydrogens is 152 g/mol. The molecule has 0 aromatic carbocycles. The normalized spacial score (nSPS) is 25.2. The molecule has 0 spiro atoms. The van der Waals surface area contributed by atoms with Gasteiger partial charge in [-0.25, -0.2) is 0 Å². The van der Waals surface area contributed by atoms with Crippen molar-refractivity contribution in [3.05, 3.63) is 6.92 Å². The summed E-state index contributed by atoms with van der Waals surface area (Å²) in [4.78, 5) is 0. The molecular formula is C10H19O2. The van der Waals surface area contributed by atoms with Gasteiger partial charge in [-0.05, 0) is 19.3 Å². The largest absolute Gasteiger partial charge is 0.365 e. The third-order valence-corrected chi connectivity index (χ3v) is 2.49. The summed E-state index contributed by atoms with van der Waals surface area (Å²) in [7, 11) is 0. The van der Waals surface area contributed by atoms with E-state index in [9.17, 15) is 5.11 Å². The summed E-state index contributed by atoms with van der Waals surface area (Å²) in [5.41, 5.74) is 0. The van der Waals surface area contributed by atoms with Crippen LogP contribution in [0.4, 0.5) is 0 Å². The average Bonchev–Trinajstić information content (AvgIpc) is 2.06. The van der Waals surface area contributed by atoms with E-state index in [0.29, 0.717) is 6.42 Å². The molecule has 1 rings (SSSR count). The van der Waals surface area contributed by atoms with Crippen molar-refractivity contribution in [3.8, 4) is 0 Å². The number of hydrogen-bond acceptors (Lipinski definition) is 2. The highest BCUT2D eigenvalue weighted by atomic mass is 16.6. The Morgan fingerprint density at radius 1 is 1.42 bits per heavy atom. The van der Waals surface area contributed by atoms with Crippen molar-refractivity contribution < 1.29 is 9.84 Å². The van der Waals surface area contributed by atoms with Crippen LogP contribution in [-0.4, -0.2) is 17.0 Å². The van der Waals surface area contributed by atoms with Crippen molar-refractivity contribution in [2.45, 2.75) is 57.3 Å². The lowest BCUT2D eigenvalue weighted by atomic mass is 9.97. The first-order valence-electron chi connectivity index (χ1n) is 4.89. The second-order valence-corrected chi connectivity index (χ2v) is 3.68. The summed E-state index contributed by atoms with van der Waals surface area (Å²) < 4.78 is 5.47. The summed E-state index contributed by atoms with van der Waals surface area (Å²) in [6.45, 7) is 5.50. The van der Waals surface area contributed by atoms with Crippen molar-refractivity contribution in [1.82, 2.24) is 0 Å². The van der Waals surface area contributed by atoms with E-state index in [1.807, 2.05) is 6.92 Å². The van der Waals surface area contributed by atoms with E-state index in [1.165, 1.54) is 19.3 Å².